The maximum absolute atomic E-state index is 13.2. The molecule has 2 atom stereocenters. The maximum atomic E-state index is 13.2. The summed E-state index contributed by atoms with van der Waals surface area (Å²) in [5.41, 5.74) is 16.6. The Hall–Kier alpha value is -3.68. The van der Waals surface area contributed by atoms with E-state index in [1.807, 2.05) is 31.2 Å². The summed E-state index contributed by atoms with van der Waals surface area (Å²) in [6, 6.07) is 12.1. The molecule has 0 aliphatic heterocycles. The molecule has 0 bridgehead atoms. The predicted molar refractivity (Wildman–Crippen MR) is 136 cm³/mol. The van der Waals surface area contributed by atoms with Crippen molar-refractivity contribution < 1.29 is 4.79 Å². The predicted octanol–water partition coefficient (Wildman–Crippen LogP) is 3.68. The molecule has 1 amide bonds. The van der Waals surface area contributed by atoms with Gasteiger partial charge in [0.1, 0.15) is 5.82 Å². The quantitative estimate of drug-likeness (QED) is 0.341. The Labute approximate surface area is 199 Å². The Bertz CT molecular complexity index is 1270. The molecule has 8 nitrogen and oxygen atoms in total. The van der Waals surface area contributed by atoms with Crippen LogP contribution in [0.5, 0.6) is 0 Å². The number of carbonyl (C=O) groups is 1. The lowest BCUT2D eigenvalue weighted by Crippen LogP contribution is -2.38. The molecule has 8 heteroatoms. The minimum atomic E-state index is -0.326. The Morgan fingerprint density at radius 2 is 1.82 bits per heavy atom. The summed E-state index contributed by atoms with van der Waals surface area (Å²) in [5, 5.41) is 7.41. The van der Waals surface area contributed by atoms with Gasteiger partial charge in [-0.05, 0) is 74.4 Å². The lowest BCUT2D eigenvalue weighted by Gasteiger charge is -2.30. The molecule has 1 saturated carbocycles. The number of aliphatic imine (C=N–C) groups is 1. The van der Waals surface area contributed by atoms with Crippen molar-refractivity contribution in [2.45, 2.75) is 64.0 Å². The van der Waals surface area contributed by atoms with Gasteiger partial charge in [0.15, 0.2) is 5.96 Å². The molecule has 2 aliphatic carbocycles. The highest BCUT2D eigenvalue weighted by Crippen LogP contribution is 2.29. The van der Waals surface area contributed by atoms with E-state index >= 15 is 0 Å². The zero-order valence-electron chi connectivity index (χ0n) is 19.5. The van der Waals surface area contributed by atoms with Gasteiger partial charge in [0, 0.05) is 11.1 Å². The van der Waals surface area contributed by atoms with Crippen LogP contribution in [-0.2, 0) is 12.8 Å². The Kier molecular flexibility index (Phi) is 6.04. The van der Waals surface area contributed by atoms with Gasteiger partial charge in [-0.1, -0.05) is 30.5 Å². The third-order valence-electron chi connectivity index (χ3n) is 6.78. The van der Waals surface area contributed by atoms with Crippen molar-refractivity contribution in [1.29, 1.82) is 0 Å². The number of nitrogens with zero attached hydrogens (tertiary/aromatic N) is 3. The van der Waals surface area contributed by atoms with Gasteiger partial charge >= 0.3 is 0 Å². The summed E-state index contributed by atoms with van der Waals surface area (Å²) in [5.74, 6) is 0.536. The molecule has 0 spiro atoms. The van der Waals surface area contributed by atoms with Crippen LogP contribution < -0.4 is 22.1 Å². The molecule has 176 valence electrons. The van der Waals surface area contributed by atoms with Crippen molar-refractivity contribution in [3.8, 4) is 0 Å². The van der Waals surface area contributed by atoms with E-state index in [0.29, 0.717) is 5.82 Å². The average Bonchev–Trinajstić information content (AvgIpc) is 3.28. The smallest absolute Gasteiger partial charge is 0.293 e. The van der Waals surface area contributed by atoms with Gasteiger partial charge in [0.05, 0.1) is 17.6 Å². The SMILES string of the molecule is Cc1ccc2nc(C(=O)Nc3ccc4c(c3)CCC4)nc(NC3CCCCC3N=C(N)N)c2c1. The molecule has 3 aromatic rings. The maximum Gasteiger partial charge on any atom is 0.293 e. The van der Waals surface area contributed by atoms with Crippen LogP contribution in [0.1, 0.15) is 59.4 Å². The highest BCUT2D eigenvalue weighted by Gasteiger charge is 2.26. The van der Waals surface area contributed by atoms with Gasteiger partial charge in [-0.15, -0.1) is 0 Å². The van der Waals surface area contributed by atoms with Crippen molar-refractivity contribution in [2.24, 2.45) is 16.5 Å². The lowest BCUT2D eigenvalue weighted by molar-refractivity contribution is 0.101. The molecule has 1 heterocycles. The molecule has 0 saturated heterocycles. The Morgan fingerprint density at radius 1 is 1.00 bits per heavy atom. The van der Waals surface area contributed by atoms with Crippen molar-refractivity contribution in [3.05, 3.63) is 58.9 Å². The normalized spacial score (nSPS) is 19.4. The number of aryl methyl sites for hydroxylation is 3. The van der Waals surface area contributed by atoms with E-state index < -0.39 is 0 Å². The van der Waals surface area contributed by atoms with Crippen LogP contribution >= 0.6 is 0 Å². The summed E-state index contributed by atoms with van der Waals surface area (Å²) >= 11 is 0. The fourth-order valence-corrected chi connectivity index (χ4v) is 5.09. The van der Waals surface area contributed by atoms with Crippen molar-refractivity contribution in [3.63, 3.8) is 0 Å². The molecule has 2 aliphatic rings. The number of nitrogens with two attached hydrogens (primary N) is 2. The second-order valence-electron chi connectivity index (χ2n) is 9.36. The van der Waals surface area contributed by atoms with Gasteiger partial charge < -0.3 is 22.1 Å². The first-order valence-electron chi connectivity index (χ1n) is 12.0. The van der Waals surface area contributed by atoms with E-state index in [1.165, 1.54) is 11.1 Å². The number of nitrogens with one attached hydrogen (secondary N) is 2. The summed E-state index contributed by atoms with van der Waals surface area (Å²) in [7, 11) is 0. The van der Waals surface area contributed by atoms with Crippen LogP contribution in [0.4, 0.5) is 11.5 Å². The number of hydrogen-bond acceptors (Lipinski definition) is 5. The molecule has 2 unspecified atom stereocenters. The second kappa shape index (κ2) is 9.29. The monoisotopic (exact) mass is 457 g/mol. The minimum Gasteiger partial charge on any atom is -0.370 e. The molecule has 0 radical (unpaired) electrons. The van der Waals surface area contributed by atoms with Gasteiger partial charge in [0.25, 0.3) is 5.91 Å². The largest absolute Gasteiger partial charge is 0.370 e. The molecular formula is C26H31N7O. The van der Waals surface area contributed by atoms with Gasteiger partial charge in [-0.3, -0.25) is 4.79 Å². The molecule has 34 heavy (non-hydrogen) atoms. The van der Waals surface area contributed by atoms with E-state index in [4.69, 9.17) is 11.5 Å². The first kappa shape index (κ1) is 22.1. The highest BCUT2D eigenvalue weighted by atomic mass is 16.2. The number of aromatic nitrogens is 2. The van der Waals surface area contributed by atoms with E-state index in [9.17, 15) is 4.79 Å². The summed E-state index contributed by atoms with van der Waals surface area (Å²) < 4.78 is 0. The molecule has 2 aromatic carbocycles. The van der Waals surface area contributed by atoms with E-state index in [0.717, 1.165) is 67.1 Å². The summed E-state index contributed by atoms with van der Waals surface area (Å²) in [6.07, 6.45) is 7.32. The number of benzene rings is 2. The van der Waals surface area contributed by atoms with Crippen molar-refractivity contribution >= 4 is 34.3 Å². The Morgan fingerprint density at radius 3 is 2.68 bits per heavy atom. The third kappa shape index (κ3) is 4.66. The molecule has 1 aromatic heterocycles. The summed E-state index contributed by atoms with van der Waals surface area (Å²) in [6.45, 7) is 2.03. The van der Waals surface area contributed by atoms with E-state index in [2.05, 4.69) is 37.7 Å². The molecule has 1 fully saturated rings. The molecule has 6 N–H and O–H groups in total. The molecular weight excluding hydrogens is 426 g/mol. The molecule has 5 rings (SSSR count). The average molecular weight is 458 g/mol. The Balaban J connectivity index is 1.47. The highest BCUT2D eigenvalue weighted by molar-refractivity contribution is 6.04. The number of fused-ring (bicyclic) bond motifs is 2. The number of amides is 1. The van der Waals surface area contributed by atoms with Crippen LogP contribution in [0, 0.1) is 6.92 Å². The number of rotatable bonds is 5. The zero-order chi connectivity index (χ0) is 23.7. The third-order valence-corrected chi connectivity index (χ3v) is 6.78. The fourth-order valence-electron chi connectivity index (χ4n) is 5.09. The van der Waals surface area contributed by atoms with E-state index in [1.54, 1.807) is 0 Å². The van der Waals surface area contributed by atoms with Crippen molar-refractivity contribution in [1.82, 2.24) is 9.97 Å². The van der Waals surface area contributed by atoms with Gasteiger partial charge in [-0.25, -0.2) is 15.0 Å². The van der Waals surface area contributed by atoms with Crippen molar-refractivity contribution in [2.75, 3.05) is 10.6 Å². The van der Waals surface area contributed by atoms with Crippen LogP contribution in [0.15, 0.2) is 41.4 Å². The lowest BCUT2D eigenvalue weighted by atomic mass is 9.90. The van der Waals surface area contributed by atoms with Crippen LogP contribution in [0.25, 0.3) is 10.9 Å². The zero-order valence-corrected chi connectivity index (χ0v) is 19.5. The fraction of sp³-hybridized carbons (Fsp3) is 0.385. The van der Waals surface area contributed by atoms with Crippen LogP contribution in [0.3, 0.4) is 0 Å². The van der Waals surface area contributed by atoms with Crippen LogP contribution in [0.2, 0.25) is 0 Å². The first-order chi connectivity index (χ1) is 16.5. The number of guanidine groups is 1. The first-order valence-corrected chi connectivity index (χ1v) is 12.0. The second-order valence-corrected chi connectivity index (χ2v) is 9.36. The summed E-state index contributed by atoms with van der Waals surface area (Å²) in [4.78, 5) is 26.8. The number of hydrogen-bond donors (Lipinski definition) is 4. The number of anilines is 2. The minimum absolute atomic E-state index is 0.0297. The topological polar surface area (TPSA) is 131 Å². The van der Waals surface area contributed by atoms with Gasteiger partial charge in [0.2, 0.25) is 5.82 Å². The standard InChI is InChI=1S/C26H31N7O/c1-15-9-12-20-19(13-15)23(31-21-7-2-3-8-22(21)32-26(27)28)33-24(30-20)25(34)29-18-11-10-16-5-4-6-17(16)14-18/h9-14,21-22H,2-8H2,1H3,(H,29,34)(H4,27,28,32)(H,30,31,33). The van der Waals surface area contributed by atoms with Crippen LogP contribution in [-0.4, -0.2) is 33.9 Å². The number of carbonyl (C=O) groups excluding carboxylic acids is 1. The van der Waals surface area contributed by atoms with E-state index in [-0.39, 0.29) is 29.8 Å². The van der Waals surface area contributed by atoms with Gasteiger partial charge in [-0.2, -0.15) is 0 Å².